The molecule has 0 saturated carbocycles. The summed E-state index contributed by atoms with van der Waals surface area (Å²) in [7, 11) is 1.49. The lowest BCUT2D eigenvalue weighted by atomic mass is 10.1. The minimum atomic E-state index is -0.378. The van der Waals surface area contributed by atoms with Crippen molar-refractivity contribution in [3.8, 4) is 11.6 Å². The molecule has 1 aromatic heterocycles. The summed E-state index contributed by atoms with van der Waals surface area (Å²) < 4.78 is 17.6. The van der Waals surface area contributed by atoms with E-state index in [0.717, 1.165) is 42.7 Å². The van der Waals surface area contributed by atoms with Gasteiger partial charge in [0.2, 0.25) is 5.88 Å². The van der Waals surface area contributed by atoms with Crippen LogP contribution in [0.5, 0.6) is 11.6 Å². The predicted octanol–water partition coefficient (Wildman–Crippen LogP) is 3.55. The highest BCUT2D eigenvalue weighted by Crippen LogP contribution is 2.20. The van der Waals surface area contributed by atoms with Gasteiger partial charge in [0.1, 0.15) is 24.0 Å². The van der Waals surface area contributed by atoms with E-state index in [4.69, 9.17) is 14.2 Å². The van der Waals surface area contributed by atoms with Gasteiger partial charge in [-0.05, 0) is 43.2 Å². The average Bonchev–Trinajstić information content (AvgIpc) is 2.69. The fraction of sp³-hybridized carbons (Fsp3) is 0.400. The van der Waals surface area contributed by atoms with E-state index in [0.29, 0.717) is 18.1 Å². The Morgan fingerprint density at radius 1 is 1.26 bits per heavy atom. The van der Waals surface area contributed by atoms with Crippen LogP contribution in [0.25, 0.3) is 0 Å². The smallest absolute Gasteiger partial charge is 0.343 e. The molecule has 144 valence electrons. The minimum Gasteiger partial charge on any atom is -0.492 e. The molecule has 1 saturated heterocycles. The van der Waals surface area contributed by atoms with Gasteiger partial charge in [0.15, 0.2) is 0 Å². The first kappa shape index (κ1) is 19.6. The van der Waals surface area contributed by atoms with E-state index in [-0.39, 0.29) is 12.1 Å². The van der Waals surface area contributed by atoms with E-state index in [1.165, 1.54) is 7.11 Å². The van der Waals surface area contributed by atoms with Crippen LogP contribution < -0.4 is 9.47 Å². The number of halogens is 1. The zero-order valence-corrected chi connectivity index (χ0v) is 16.9. The van der Waals surface area contributed by atoms with Gasteiger partial charge in [-0.15, -0.1) is 0 Å². The highest BCUT2D eigenvalue weighted by molar-refractivity contribution is 9.10. The van der Waals surface area contributed by atoms with Crippen LogP contribution in [0.1, 0.15) is 23.2 Å². The molecule has 0 amide bonds. The van der Waals surface area contributed by atoms with Gasteiger partial charge in [-0.2, -0.15) is 0 Å². The first-order chi connectivity index (χ1) is 13.2. The van der Waals surface area contributed by atoms with E-state index in [2.05, 4.69) is 25.8 Å². The van der Waals surface area contributed by atoms with E-state index < -0.39 is 0 Å². The molecule has 1 aromatic carbocycles. The summed E-state index contributed by atoms with van der Waals surface area (Å²) in [5.41, 5.74) is 0.366. The number of likely N-dealkylation sites (tertiary alicyclic amines) is 1. The Morgan fingerprint density at radius 3 is 2.81 bits per heavy atom. The van der Waals surface area contributed by atoms with Crippen molar-refractivity contribution in [3.05, 3.63) is 52.6 Å². The molecule has 1 fully saturated rings. The normalized spacial score (nSPS) is 15.3. The van der Waals surface area contributed by atoms with Crippen LogP contribution in [0.2, 0.25) is 0 Å². The van der Waals surface area contributed by atoms with Crippen molar-refractivity contribution in [2.24, 2.45) is 0 Å². The van der Waals surface area contributed by atoms with Gasteiger partial charge in [0, 0.05) is 30.3 Å². The number of esters is 1. The lowest BCUT2D eigenvalue weighted by molar-refractivity contribution is 0.00974. The molecular weight excluding hydrogens is 412 g/mol. The van der Waals surface area contributed by atoms with Gasteiger partial charge in [0.05, 0.1) is 7.11 Å². The summed E-state index contributed by atoms with van der Waals surface area (Å²) in [6.45, 7) is 3.24. The van der Waals surface area contributed by atoms with Crippen molar-refractivity contribution in [1.29, 1.82) is 0 Å². The molecule has 0 aliphatic carbocycles. The maximum Gasteiger partial charge on any atom is 0.343 e. The lowest BCUT2D eigenvalue weighted by Gasteiger charge is -2.31. The van der Waals surface area contributed by atoms with Gasteiger partial charge < -0.3 is 14.2 Å². The van der Waals surface area contributed by atoms with Crippen LogP contribution in [-0.4, -0.2) is 55.3 Å². The summed E-state index contributed by atoms with van der Waals surface area (Å²) in [5.74, 6) is 0.777. The second kappa shape index (κ2) is 9.71. The highest BCUT2D eigenvalue weighted by Gasteiger charge is 2.24. The largest absolute Gasteiger partial charge is 0.492 e. The van der Waals surface area contributed by atoms with Crippen molar-refractivity contribution in [2.75, 3.05) is 33.4 Å². The van der Waals surface area contributed by atoms with Gasteiger partial charge in [-0.3, -0.25) is 4.90 Å². The van der Waals surface area contributed by atoms with Gasteiger partial charge in [-0.25, -0.2) is 9.78 Å². The molecule has 2 aromatic rings. The standard InChI is InChI=1S/C20H23BrN2O4/c1-25-19-18(6-3-9-22-19)20(24)27-16-7-10-23(11-8-16)12-13-26-17-5-2-4-15(21)14-17/h2-6,9,14,16H,7-8,10-13H2,1H3. The van der Waals surface area contributed by atoms with Crippen LogP contribution in [0, 0.1) is 0 Å². The Hall–Kier alpha value is -2.12. The number of ether oxygens (including phenoxy) is 3. The molecule has 1 aliphatic rings. The molecule has 0 atom stereocenters. The molecule has 27 heavy (non-hydrogen) atoms. The Morgan fingerprint density at radius 2 is 2.07 bits per heavy atom. The Bertz CT molecular complexity index is 763. The number of nitrogens with zero attached hydrogens (tertiary/aromatic N) is 2. The quantitative estimate of drug-likeness (QED) is 0.620. The van der Waals surface area contributed by atoms with Crippen molar-refractivity contribution >= 4 is 21.9 Å². The molecule has 6 nitrogen and oxygen atoms in total. The predicted molar refractivity (Wildman–Crippen MR) is 105 cm³/mol. The topological polar surface area (TPSA) is 60.9 Å². The van der Waals surface area contributed by atoms with Crippen molar-refractivity contribution in [2.45, 2.75) is 18.9 Å². The number of methoxy groups -OCH3 is 1. The molecular formula is C20H23BrN2O4. The number of piperidine rings is 1. The zero-order valence-electron chi connectivity index (χ0n) is 15.3. The maximum atomic E-state index is 12.4. The fourth-order valence-electron chi connectivity index (χ4n) is 3.02. The summed E-state index contributed by atoms with van der Waals surface area (Å²) >= 11 is 3.44. The third-order valence-corrected chi connectivity index (χ3v) is 4.96. The number of carbonyl (C=O) groups excluding carboxylic acids is 1. The molecule has 0 radical (unpaired) electrons. The van der Waals surface area contributed by atoms with E-state index in [9.17, 15) is 4.79 Å². The third kappa shape index (κ3) is 5.68. The second-order valence-corrected chi connectivity index (χ2v) is 7.23. The number of hydrogen-bond acceptors (Lipinski definition) is 6. The second-order valence-electron chi connectivity index (χ2n) is 6.31. The number of hydrogen-bond donors (Lipinski definition) is 0. The van der Waals surface area contributed by atoms with E-state index >= 15 is 0 Å². The van der Waals surface area contributed by atoms with Crippen LogP contribution in [-0.2, 0) is 4.74 Å². The Balaban J connectivity index is 1.40. The molecule has 0 bridgehead atoms. The number of benzene rings is 1. The highest BCUT2D eigenvalue weighted by atomic mass is 79.9. The molecule has 0 spiro atoms. The number of aromatic nitrogens is 1. The molecule has 0 unspecified atom stereocenters. The van der Waals surface area contributed by atoms with Crippen molar-refractivity contribution in [1.82, 2.24) is 9.88 Å². The molecule has 3 rings (SSSR count). The fourth-order valence-corrected chi connectivity index (χ4v) is 3.40. The minimum absolute atomic E-state index is 0.0790. The number of pyridine rings is 1. The number of carbonyl (C=O) groups is 1. The summed E-state index contributed by atoms with van der Waals surface area (Å²) in [6.07, 6.45) is 3.13. The van der Waals surface area contributed by atoms with Crippen molar-refractivity contribution in [3.63, 3.8) is 0 Å². The Labute approximate surface area is 167 Å². The van der Waals surface area contributed by atoms with Gasteiger partial charge in [-0.1, -0.05) is 22.0 Å². The van der Waals surface area contributed by atoms with Crippen molar-refractivity contribution < 1.29 is 19.0 Å². The van der Waals surface area contributed by atoms with E-state index in [1.807, 2.05) is 24.3 Å². The zero-order chi connectivity index (χ0) is 19.1. The summed E-state index contributed by atoms with van der Waals surface area (Å²) in [5, 5.41) is 0. The molecule has 2 heterocycles. The summed E-state index contributed by atoms with van der Waals surface area (Å²) in [6, 6.07) is 11.2. The third-order valence-electron chi connectivity index (χ3n) is 4.47. The van der Waals surface area contributed by atoms with Crippen LogP contribution in [0.3, 0.4) is 0 Å². The lowest BCUT2D eigenvalue weighted by Crippen LogP contribution is -2.39. The first-order valence-corrected chi connectivity index (χ1v) is 9.75. The molecule has 0 N–H and O–H groups in total. The van der Waals surface area contributed by atoms with Gasteiger partial charge in [0.25, 0.3) is 0 Å². The van der Waals surface area contributed by atoms with Crippen LogP contribution in [0.4, 0.5) is 0 Å². The maximum absolute atomic E-state index is 12.4. The Kier molecular flexibility index (Phi) is 7.06. The first-order valence-electron chi connectivity index (χ1n) is 8.96. The van der Waals surface area contributed by atoms with Gasteiger partial charge >= 0.3 is 5.97 Å². The van der Waals surface area contributed by atoms with Crippen LogP contribution in [0.15, 0.2) is 47.1 Å². The SMILES string of the molecule is COc1ncccc1C(=O)OC1CCN(CCOc2cccc(Br)c2)CC1. The monoisotopic (exact) mass is 434 g/mol. The number of rotatable bonds is 7. The molecule has 7 heteroatoms. The molecule has 1 aliphatic heterocycles. The van der Waals surface area contributed by atoms with E-state index in [1.54, 1.807) is 18.3 Å². The average molecular weight is 435 g/mol. The summed E-state index contributed by atoms with van der Waals surface area (Å²) in [4.78, 5) is 18.7. The van der Waals surface area contributed by atoms with Crippen LogP contribution >= 0.6 is 15.9 Å².